The van der Waals surface area contributed by atoms with Crippen molar-refractivity contribution in [1.29, 1.82) is 0 Å². The summed E-state index contributed by atoms with van der Waals surface area (Å²) in [5.74, 6) is 1.20. The van der Waals surface area contributed by atoms with Gasteiger partial charge in [-0.1, -0.05) is 54.2 Å². The molecule has 0 radical (unpaired) electrons. The van der Waals surface area contributed by atoms with E-state index in [-0.39, 0.29) is 6.61 Å². The molecule has 6 nitrogen and oxygen atoms in total. The molecule has 0 aliphatic heterocycles. The molecule has 7 heteroatoms. The van der Waals surface area contributed by atoms with Crippen LogP contribution in [0.25, 0.3) is 11.1 Å². The summed E-state index contributed by atoms with van der Waals surface area (Å²) in [5.41, 5.74) is 2.30. The second-order valence-electron chi connectivity index (χ2n) is 5.25. The molecule has 0 aliphatic rings. The van der Waals surface area contributed by atoms with Gasteiger partial charge in [0.2, 0.25) is 5.16 Å². The average molecular weight is 342 g/mol. The first-order valence-electron chi connectivity index (χ1n) is 7.54. The van der Waals surface area contributed by atoms with Gasteiger partial charge >= 0.3 is 0 Å². The van der Waals surface area contributed by atoms with Crippen LogP contribution in [0.1, 0.15) is 0 Å². The number of hydrogen-bond acceptors (Lipinski definition) is 6. The van der Waals surface area contributed by atoms with Gasteiger partial charge in [0.05, 0.1) is 6.10 Å². The third kappa shape index (κ3) is 4.33. The summed E-state index contributed by atoms with van der Waals surface area (Å²) in [7, 11) is 1.76. The normalized spacial score (nSPS) is 12.1. The molecule has 0 saturated carbocycles. The smallest absolute Gasteiger partial charge is 0.209 e. The van der Waals surface area contributed by atoms with Gasteiger partial charge in [0.1, 0.15) is 12.4 Å². The molecular formula is C17H18N4O2S. The summed E-state index contributed by atoms with van der Waals surface area (Å²) in [6, 6.07) is 18.0. The van der Waals surface area contributed by atoms with Crippen LogP contribution in [-0.2, 0) is 7.05 Å². The summed E-state index contributed by atoms with van der Waals surface area (Å²) in [5, 5.41) is 21.8. The summed E-state index contributed by atoms with van der Waals surface area (Å²) in [6.07, 6.45) is -0.597. The monoisotopic (exact) mass is 342 g/mol. The predicted molar refractivity (Wildman–Crippen MR) is 92.9 cm³/mol. The van der Waals surface area contributed by atoms with E-state index in [1.807, 2.05) is 42.5 Å². The maximum absolute atomic E-state index is 10.0. The minimum Gasteiger partial charge on any atom is -0.491 e. The van der Waals surface area contributed by atoms with Gasteiger partial charge < -0.3 is 9.84 Å². The van der Waals surface area contributed by atoms with Crippen molar-refractivity contribution in [2.24, 2.45) is 7.05 Å². The van der Waals surface area contributed by atoms with Gasteiger partial charge in [-0.2, -0.15) is 0 Å². The number of aryl methyl sites for hydroxylation is 1. The molecule has 0 aliphatic carbocycles. The Morgan fingerprint density at radius 1 is 1.08 bits per heavy atom. The predicted octanol–water partition coefficient (Wildman–Crippen LogP) is 2.41. The lowest BCUT2D eigenvalue weighted by atomic mass is 10.1. The van der Waals surface area contributed by atoms with Crippen molar-refractivity contribution in [2.75, 3.05) is 12.4 Å². The van der Waals surface area contributed by atoms with Crippen LogP contribution < -0.4 is 4.74 Å². The van der Waals surface area contributed by atoms with Crippen LogP contribution in [-0.4, -0.2) is 43.8 Å². The van der Waals surface area contributed by atoms with E-state index in [4.69, 9.17) is 4.74 Å². The van der Waals surface area contributed by atoms with Gasteiger partial charge in [-0.15, -0.1) is 5.10 Å². The maximum atomic E-state index is 10.0. The molecule has 24 heavy (non-hydrogen) atoms. The van der Waals surface area contributed by atoms with E-state index in [0.717, 1.165) is 16.9 Å². The Labute approximate surface area is 144 Å². The number of tetrazole rings is 1. The number of ether oxygens (including phenoxy) is 1. The van der Waals surface area contributed by atoms with Gasteiger partial charge in [0.15, 0.2) is 0 Å². The maximum Gasteiger partial charge on any atom is 0.209 e. The Bertz CT molecular complexity index is 762. The standard InChI is InChI=1S/C17H18N4O2S/c1-21-17(18-19-20-21)24-12-15(22)11-23-16-9-7-14(8-10-16)13-5-3-2-4-6-13/h2-10,15,22H,11-12H2,1H3. The molecule has 1 unspecified atom stereocenters. The number of thioether (sulfide) groups is 1. The zero-order chi connectivity index (χ0) is 16.8. The van der Waals surface area contributed by atoms with E-state index in [1.165, 1.54) is 11.8 Å². The highest BCUT2D eigenvalue weighted by Crippen LogP contribution is 2.22. The molecule has 2 aromatic carbocycles. The topological polar surface area (TPSA) is 73.1 Å². The van der Waals surface area contributed by atoms with Crippen LogP contribution in [0, 0.1) is 0 Å². The third-order valence-corrected chi connectivity index (χ3v) is 4.55. The molecule has 3 aromatic rings. The highest BCUT2D eigenvalue weighted by atomic mass is 32.2. The van der Waals surface area contributed by atoms with E-state index in [2.05, 4.69) is 27.7 Å². The number of benzene rings is 2. The quantitative estimate of drug-likeness (QED) is 0.665. The molecule has 0 bridgehead atoms. The van der Waals surface area contributed by atoms with Crippen LogP contribution in [0.5, 0.6) is 5.75 Å². The Morgan fingerprint density at radius 3 is 2.46 bits per heavy atom. The lowest BCUT2D eigenvalue weighted by Crippen LogP contribution is -2.20. The van der Waals surface area contributed by atoms with Gasteiger partial charge in [-0.25, -0.2) is 4.68 Å². The van der Waals surface area contributed by atoms with Crippen molar-refractivity contribution in [3.63, 3.8) is 0 Å². The minimum absolute atomic E-state index is 0.225. The SMILES string of the molecule is Cn1nnnc1SCC(O)COc1ccc(-c2ccccc2)cc1. The van der Waals surface area contributed by atoms with Crippen molar-refractivity contribution in [3.8, 4) is 16.9 Å². The summed E-state index contributed by atoms with van der Waals surface area (Å²) < 4.78 is 7.21. The lowest BCUT2D eigenvalue weighted by Gasteiger charge is -2.12. The second-order valence-corrected chi connectivity index (χ2v) is 6.24. The van der Waals surface area contributed by atoms with Crippen molar-refractivity contribution in [3.05, 3.63) is 54.6 Å². The summed E-state index contributed by atoms with van der Waals surface area (Å²) >= 11 is 1.39. The average Bonchev–Trinajstić information content (AvgIpc) is 3.04. The molecule has 0 saturated heterocycles. The molecule has 0 spiro atoms. The molecule has 0 amide bonds. The van der Waals surface area contributed by atoms with E-state index in [1.54, 1.807) is 11.7 Å². The van der Waals surface area contributed by atoms with Crippen molar-refractivity contribution >= 4 is 11.8 Å². The molecular weight excluding hydrogens is 324 g/mol. The minimum atomic E-state index is -0.597. The number of aromatic nitrogens is 4. The fourth-order valence-corrected chi connectivity index (χ4v) is 2.88. The summed E-state index contributed by atoms with van der Waals surface area (Å²) in [6.45, 7) is 0.225. The Hall–Kier alpha value is -2.38. The van der Waals surface area contributed by atoms with Crippen LogP contribution in [0.4, 0.5) is 0 Å². The van der Waals surface area contributed by atoms with E-state index in [0.29, 0.717) is 10.9 Å². The number of hydrogen-bond donors (Lipinski definition) is 1. The molecule has 3 rings (SSSR count). The van der Waals surface area contributed by atoms with Gasteiger partial charge in [0.25, 0.3) is 0 Å². The van der Waals surface area contributed by atoms with E-state index >= 15 is 0 Å². The largest absolute Gasteiger partial charge is 0.491 e. The number of rotatable bonds is 7. The number of aliphatic hydroxyl groups is 1. The van der Waals surface area contributed by atoms with Crippen molar-refractivity contribution < 1.29 is 9.84 Å². The highest BCUT2D eigenvalue weighted by Gasteiger charge is 2.10. The van der Waals surface area contributed by atoms with Crippen LogP contribution in [0.3, 0.4) is 0 Å². The zero-order valence-corrected chi connectivity index (χ0v) is 14.1. The molecule has 1 aromatic heterocycles. The first kappa shape index (κ1) is 16.5. The van der Waals surface area contributed by atoms with Crippen molar-refractivity contribution in [1.82, 2.24) is 20.2 Å². The molecule has 1 N–H and O–H groups in total. The number of aliphatic hydroxyl groups excluding tert-OH is 1. The van der Waals surface area contributed by atoms with Gasteiger partial charge in [0, 0.05) is 12.8 Å². The fraction of sp³-hybridized carbons (Fsp3) is 0.235. The Balaban J connectivity index is 1.48. The second kappa shape index (κ2) is 7.94. The molecule has 1 heterocycles. The van der Waals surface area contributed by atoms with Gasteiger partial charge in [-0.3, -0.25) is 0 Å². The van der Waals surface area contributed by atoms with Crippen LogP contribution in [0.15, 0.2) is 59.8 Å². The molecule has 1 atom stereocenters. The first-order chi connectivity index (χ1) is 11.7. The Kier molecular flexibility index (Phi) is 5.45. The third-order valence-electron chi connectivity index (χ3n) is 3.39. The fourth-order valence-electron chi connectivity index (χ4n) is 2.13. The zero-order valence-electron chi connectivity index (χ0n) is 13.2. The lowest BCUT2D eigenvalue weighted by molar-refractivity contribution is 0.126. The van der Waals surface area contributed by atoms with Crippen molar-refractivity contribution in [2.45, 2.75) is 11.3 Å². The molecule has 124 valence electrons. The van der Waals surface area contributed by atoms with Gasteiger partial charge in [-0.05, 0) is 33.7 Å². The summed E-state index contributed by atoms with van der Waals surface area (Å²) in [4.78, 5) is 0. The van der Waals surface area contributed by atoms with Crippen LogP contribution in [0.2, 0.25) is 0 Å². The highest BCUT2D eigenvalue weighted by molar-refractivity contribution is 7.99. The van der Waals surface area contributed by atoms with Crippen LogP contribution >= 0.6 is 11.8 Å². The van der Waals surface area contributed by atoms with E-state index < -0.39 is 6.10 Å². The van der Waals surface area contributed by atoms with E-state index in [9.17, 15) is 5.11 Å². The Morgan fingerprint density at radius 2 is 1.79 bits per heavy atom. The number of nitrogens with zero attached hydrogens (tertiary/aromatic N) is 4. The molecule has 0 fully saturated rings. The first-order valence-corrected chi connectivity index (χ1v) is 8.52.